The third-order valence-corrected chi connectivity index (χ3v) is 4.68. The van der Waals surface area contributed by atoms with Crippen LogP contribution in [0.2, 0.25) is 0 Å². The summed E-state index contributed by atoms with van der Waals surface area (Å²) in [5.74, 6) is 0.744. The van der Waals surface area contributed by atoms with Crippen molar-refractivity contribution >= 4 is 26.1 Å². The fourth-order valence-electron chi connectivity index (χ4n) is 2.52. The Bertz CT molecular complexity index is 739. The van der Waals surface area contributed by atoms with E-state index in [1.165, 1.54) is 6.34 Å². The highest BCUT2D eigenvalue weighted by molar-refractivity contribution is 7.53. The number of fused-ring (bicyclic) bond motifs is 1. The molecule has 0 bridgehead atoms. The molecule has 2 aliphatic heterocycles. The van der Waals surface area contributed by atoms with Gasteiger partial charge in [0.05, 0.1) is 12.4 Å². The molecule has 0 aromatic heterocycles. The summed E-state index contributed by atoms with van der Waals surface area (Å²) in [6.45, 7) is 2.24. The van der Waals surface area contributed by atoms with E-state index in [-0.39, 0.29) is 18.3 Å². The van der Waals surface area contributed by atoms with Crippen LogP contribution in [0.4, 0.5) is 0 Å². The minimum Gasteiger partial charge on any atom is -0.423 e. The van der Waals surface area contributed by atoms with Crippen LogP contribution < -0.4 is 10.3 Å². The molecule has 0 spiro atoms. The van der Waals surface area contributed by atoms with Crippen molar-refractivity contribution in [1.29, 1.82) is 0 Å². The van der Waals surface area contributed by atoms with Gasteiger partial charge in [-0.2, -0.15) is 0 Å². The van der Waals surface area contributed by atoms with Gasteiger partial charge < -0.3 is 24.8 Å². The Labute approximate surface area is 145 Å². The molecule has 0 saturated carbocycles. The first-order valence-electron chi connectivity index (χ1n) is 7.76. The number of nitrogens with two attached hydrogens (primary N) is 1. The lowest BCUT2D eigenvalue weighted by atomic mass is 10.2. The van der Waals surface area contributed by atoms with Crippen molar-refractivity contribution in [3.63, 3.8) is 0 Å². The Kier molecular flexibility index (Phi) is 5.17. The molecular weight excluding hydrogens is 345 g/mol. The number of aliphatic imine (C=N–C) groups is 3. The second kappa shape index (κ2) is 7.35. The SMILES string of the molecule is C[C@H](CN1C=NC2C(N)=NC=NC21)OCP(=O)(O)Oc1ccccc1. The monoisotopic (exact) mass is 365 g/mol. The summed E-state index contributed by atoms with van der Waals surface area (Å²) in [5.41, 5.74) is 5.80. The van der Waals surface area contributed by atoms with E-state index >= 15 is 0 Å². The zero-order chi connectivity index (χ0) is 17.9. The topological polar surface area (TPSA) is 122 Å². The number of ether oxygens (including phenoxy) is 1. The number of para-hydroxylation sites is 1. The van der Waals surface area contributed by atoms with E-state index in [1.54, 1.807) is 43.6 Å². The zero-order valence-electron chi connectivity index (χ0n) is 13.7. The molecule has 3 unspecified atom stereocenters. The average molecular weight is 365 g/mol. The van der Waals surface area contributed by atoms with E-state index in [0.717, 1.165) is 0 Å². The molecule has 4 atom stereocenters. The van der Waals surface area contributed by atoms with Crippen LogP contribution in [-0.4, -0.2) is 59.5 Å². The van der Waals surface area contributed by atoms with Crippen LogP contribution >= 0.6 is 7.60 Å². The second-order valence-corrected chi connectivity index (χ2v) is 7.50. The van der Waals surface area contributed by atoms with Crippen LogP contribution in [0.1, 0.15) is 6.92 Å². The summed E-state index contributed by atoms with van der Waals surface area (Å²) >= 11 is 0. The number of hydrogen-bond donors (Lipinski definition) is 2. The van der Waals surface area contributed by atoms with Gasteiger partial charge in [0.15, 0.2) is 12.5 Å². The maximum Gasteiger partial charge on any atom is 0.402 e. The lowest BCUT2D eigenvalue weighted by Gasteiger charge is -2.28. The maximum absolute atomic E-state index is 12.1. The third-order valence-electron chi connectivity index (χ3n) is 3.71. The number of nitrogens with zero attached hydrogens (tertiary/aromatic N) is 4. The smallest absolute Gasteiger partial charge is 0.402 e. The molecule has 0 fully saturated rings. The number of amidine groups is 1. The molecule has 2 aliphatic rings. The molecule has 25 heavy (non-hydrogen) atoms. The molecule has 9 nitrogen and oxygen atoms in total. The first-order valence-corrected chi connectivity index (χ1v) is 9.53. The minimum absolute atomic E-state index is 0.245. The van der Waals surface area contributed by atoms with Gasteiger partial charge in [-0.15, -0.1) is 0 Å². The van der Waals surface area contributed by atoms with Gasteiger partial charge in [-0.3, -0.25) is 4.99 Å². The van der Waals surface area contributed by atoms with Gasteiger partial charge in [0.25, 0.3) is 0 Å². The summed E-state index contributed by atoms with van der Waals surface area (Å²) in [7, 11) is -3.89. The van der Waals surface area contributed by atoms with Crippen molar-refractivity contribution in [2.75, 3.05) is 12.9 Å². The minimum atomic E-state index is -3.89. The fraction of sp³-hybridized carbons (Fsp3) is 0.400. The summed E-state index contributed by atoms with van der Waals surface area (Å²) < 4.78 is 22.7. The number of hydrogen-bond acceptors (Lipinski definition) is 8. The van der Waals surface area contributed by atoms with Gasteiger partial charge in [-0.05, 0) is 19.1 Å². The predicted octanol–water partition coefficient (Wildman–Crippen LogP) is 1.05. The molecule has 0 amide bonds. The highest BCUT2D eigenvalue weighted by Crippen LogP contribution is 2.42. The third kappa shape index (κ3) is 4.45. The largest absolute Gasteiger partial charge is 0.423 e. The normalized spacial score (nSPS) is 25.2. The van der Waals surface area contributed by atoms with Crippen LogP contribution in [0.5, 0.6) is 5.75 Å². The average Bonchev–Trinajstić information content (AvgIpc) is 2.98. The first kappa shape index (κ1) is 17.6. The maximum atomic E-state index is 12.1. The molecule has 0 aliphatic carbocycles. The molecule has 10 heteroatoms. The Hall–Kier alpha value is -2.22. The molecule has 1 aromatic rings. The number of benzene rings is 1. The van der Waals surface area contributed by atoms with Crippen molar-refractivity contribution in [1.82, 2.24) is 4.90 Å². The van der Waals surface area contributed by atoms with E-state index in [4.69, 9.17) is 15.0 Å². The molecule has 3 N–H and O–H groups in total. The van der Waals surface area contributed by atoms with Gasteiger partial charge in [-0.1, -0.05) is 18.2 Å². The molecule has 1 aromatic carbocycles. The van der Waals surface area contributed by atoms with Crippen LogP contribution in [0.3, 0.4) is 0 Å². The lowest BCUT2D eigenvalue weighted by Crippen LogP contribution is -2.46. The Morgan fingerprint density at radius 3 is 2.88 bits per heavy atom. The molecule has 2 heterocycles. The second-order valence-electron chi connectivity index (χ2n) is 5.79. The van der Waals surface area contributed by atoms with Crippen LogP contribution in [0.25, 0.3) is 0 Å². The quantitative estimate of drug-likeness (QED) is 0.697. The van der Waals surface area contributed by atoms with Gasteiger partial charge in [0.2, 0.25) is 0 Å². The summed E-state index contributed by atoms with van der Waals surface area (Å²) in [6.07, 6.45) is 2.08. The standard InChI is InChI=1S/C15H20N5O4P/c1-11(7-20-9-19-13-14(16)17-8-18-15(13)20)23-10-25(21,22)24-12-5-3-2-4-6-12/h2-6,8-9,11,13,15H,7,10H2,1H3,(H,21,22)(H2,16,17,18)/t11-,13?,15?/m1/s1. The highest BCUT2D eigenvalue weighted by Gasteiger charge is 2.35. The fourth-order valence-corrected chi connectivity index (χ4v) is 3.47. The van der Waals surface area contributed by atoms with Crippen LogP contribution in [0, 0.1) is 0 Å². The van der Waals surface area contributed by atoms with E-state index in [9.17, 15) is 9.46 Å². The Balaban J connectivity index is 1.49. The molecule has 3 rings (SSSR count). The van der Waals surface area contributed by atoms with Crippen molar-refractivity contribution < 1.29 is 18.7 Å². The van der Waals surface area contributed by atoms with Crippen molar-refractivity contribution in [2.24, 2.45) is 20.7 Å². The molecular formula is C15H20N5O4P. The van der Waals surface area contributed by atoms with E-state index in [0.29, 0.717) is 18.1 Å². The van der Waals surface area contributed by atoms with Gasteiger partial charge in [-0.25, -0.2) is 14.5 Å². The van der Waals surface area contributed by atoms with Gasteiger partial charge in [0, 0.05) is 6.54 Å². The van der Waals surface area contributed by atoms with E-state index in [1.807, 2.05) is 4.90 Å². The molecule has 0 saturated heterocycles. The van der Waals surface area contributed by atoms with Gasteiger partial charge in [0.1, 0.15) is 24.0 Å². The molecule has 0 radical (unpaired) electrons. The van der Waals surface area contributed by atoms with Crippen molar-refractivity contribution in [3.05, 3.63) is 30.3 Å². The van der Waals surface area contributed by atoms with Crippen LogP contribution in [0.15, 0.2) is 45.3 Å². The molecule has 134 valence electrons. The first-order chi connectivity index (χ1) is 11.9. The van der Waals surface area contributed by atoms with E-state index < -0.39 is 13.9 Å². The lowest BCUT2D eigenvalue weighted by molar-refractivity contribution is 0.0680. The zero-order valence-corrected chi connectivity index (χ0v) is 14.6. The Morgan fingerprint density at radius 2 is 2.12 bits per heavy atom. The Morgan fingerprint density at radius 1 is 1.36 bits per heavy atom. The predicted molar refractivity (Wildman–Crippen MR) is 95.2 cm³/mol. The van der Waals surface area contributed by atoms with E-state index in [2.05, 4.69) is 15.0 Å². The summed E-state index contributed by atoms with van der Waals surface area (Å²) in [6, 6.07) is 8.18. The number of rotatable bonds is 7. The van der Waals surface area contributed by atoms with Crippen molar-refractivity contribution in [2.45, 2.75) is 25.2 Å². The van der Waals surface area contributed by atoms with Crippen molar-refractivity contribution in [3.8, 4) is 5.75 Å². The van der Waals surface area contributed by atoms with Gasteiger partial charge >= 0.3 is 7.60 Å². The van der Waals surface area contributed by atoms with Crippen LogP contribution in [-0.2, 0) is 9.30 Å². The summed E-state index contributed by atoms with van der Waals surface area (Å²) in [4.78, 5) is 24.3. The summed E-state index contributed by atoms with van der Waals surface area (Å²) in [5, 5.41) is 0. The highest BCUT2D eigenvalue weighted by atomic mass is 31.2.